The summed E-state index contributed by atoms with van der Waals surface area (Å²) in [6, 6.07) is 8.47. The molecule has 0 aromatic carbocycles. The Kier molecular flexibility index (Phi) is 6.34. The molecule has 1 aromatic heterocycles. The molecule has 1 heterocycles. The standard InChI is InChI=1S/C14H22N4/c1-12(2)17-14(10-15)11-18(3)9-7-13-6-4-5-8-16-13/h4-6,8,12,14,17H,7,9,11H2,1-3H3. The molecule has 1 unspecified atom stereocenters. The van der Waals surface area contributed by atoms with Crippen molar-refractivity contribution >= 4 is 0 Å². The number of hydrogen-bond donors (Lipinski definition) is 1. The van der Waals surface area contributed by atoms with Crippen molar-refractivity contribution in [2.75, 3.05) is 20.1 Å². The third-order valence-corrected chi connectivity index (χ3v) is 2.66. The Balaban J connectivity index is 2.32. The van der Waals surface area contributed by atoms with Gasteiger partial charge in [-0.2, -0.15) is 5.26 Å². The molecule has 0 aliphatic rings. The second-order valence-corrected chi connectivity index (χ2v) is 4.84. The molecule has 0 spiro atoms. The van der Waals surface area contributed by atoms with E-state index in [1.807, 2.05) is 31.4 Å². The van der Waals surface area contributed by atoms with E-state index in [1.54, 1.807) is 0 Å². The van der Waals surface area contributed by atoms with E-state index in [1.165, 1.54) is 0 Å². The number of nitrogens with zero attached hydrogens (tertiary/aromatic N) is 3. The fourth-order valence-electron chi connectivity index (χ4n) is 1.79. The van der Waals surface area contributed by atoms with Gasteiger partial charge in [-0.1, -0.05) is 6.07 Å². The fraction of sp³-hybridized carbons (Fsp3) is 0.571. The first-order valence-electron chi connectivity index (χ1n) is 6.36. The number of nitrogens with one attached hydrogen (secondary N) is 1. The monoisotopic (exact) mass is 246 g/mol. The minimum absolute atomic E-state index is 0.112. The molecule has 1 atom stereocenters. The van der Waals surface area contributed by atoms with Gasteiger partial charge in [-0.05, 0) is 33.0 Å². The van der Waals surface area contributed by atoms with Gasteiger partial charge in [0.1, 0.15) is 6.04 Å². The van der Waals surface area contributed by atoms with E-state index < -0.39 is 0 Å². The second kappa shape index (κ2) is 7.80. The summed E-state index contributed by atoms with van der Waals surface area (Å²) in [6.45, 7) is 5.76. The zero-order chi connectivity index (χ0) is 13.4. The first-order valence-corrected chi connectivity index (χ1v) is 6.36. The van der Waals surface area contributed by atoms with Crippen molar-refractivity contribution in [2.45, 2.75) is 32.4 Å². The molecule has 0 aliphatic carbocycles. The number of aromatic nitrogens is 1. The van der Waals surface area contributed by atoms with E-state index >= 15 is 0 Å². The second-order valence-electron chi connectivity index (χ2n) is 4.84. The molecule has 1 aromatic rings. The van der Waals surface area contributed by atoms with E-state index in [4.69, 9.17) is 5.26 Å². The Morgan fingerprint density at radius 1 is 1.44 bits per heavy atom. The van der Waals surface area contributed by atoms with E-state index in [9.17, 15) is 0 Å². The summed E-state index contributed by atoms with van der Waals surface area (Å²) in [6.07, 6.45) is 2.73. The number of nitriles is 1. The van der Waals surface area contributed by atoms with Crippen LogP contribution >= 0.6 is 0 Å². The van der Waals surface area contributed by atoms with E-state index in [0.717, 1.165) is 25.2 Å². The quantitative estimate of drug-likeness (QED) is 0.791. The molecule has 0 bridgehead atoms. The van der Waals surface area contributed by atoms with E-state index in [-0.39, 0.29) is 6.04 Å². The molecule has 0 saturated heterocycles. The molecule has 0 amide bonds. The van der Waals surface area contributed by atoms with Crippen molar-refractivity contribution in [2.24, 2.45) is 0 Å². The van der Waals surface area contributed by atoms with Crippen molar-refractivity contribution in [1.29, 1.82) is 5.26 Å². The van der Waals surface area contributed by atoms with Crippen LogP contribution in [0.4, 0.5) is 0 Å². The lowest BCUT2D eigenvalue weighted by atomic mass is 10.2. The Morgan fingerprint density at radius 2 is 2.22 bits per heavy atom. The van der Waals surface area contributed by atoms with Gasteiger partial charge in [0.05, 0.1) is 6.07 Å². The Hall–Kier alpha value is -1.44. The normalized spacial score (nSPS) is 12.7. The lowest BCUT2D eigenvalue weighted by molar-refractivity contribution is 0.306. The molecule has 1 N–H and O–H groups in total. The predicted octanol–water partition coefficient (Wildman–Crippen LogP) is 1.45. The van der Waals surface area contributed by atoms with Crippen molar-refractivity contribution in [3.8, 4) is 6.07 Å². The average molecular weight is 246 g/mol. The summed E-state index contributed by atoms with van der Waals surface area (Å²) in [7, 11) is 2.04. The number of likely N-dealkylation sites (N-methyl/N-ethyl adjacent to an activating group) is 1. The van der Waals surface area contributed by atoms with Crippen molar-refractivity contribution in [3.05, 3.63) is 30.1 Å². The zero-order valence-corrected chi connectivity index (χ0v) is 11.4. The van der Waals surface area contributed by atoms with Crippen LogP contribution in [0.5, 0.6) is 0 Å². The summed E-state index contributed by atoms with van der Waals surface area (Å²) in [4.78, 5) is 6.46. The minimum Gasteiger partial charge on any atom is -0.303 e. The molecule has 18 heavy (non-hydrogen) atoms. The highest BCUT2D eigenvalue weighted by Gasteiger charge is 2.11. The van der Waals surface area contributed by atoms with Gasteiger partial charge in [0.2, 0.25) is 0 Å². The highest BCUT2D eigenvalue weighted by Crippen LogP contribution is 1.98. The summed E-state index contributed by atoms with van der Waals surface area (Å²) in [5, 5.41) is 12.3. The molecular weight excluding hydrogens is 224 g/mol. The van der Waals surface area contributed by atoms with Crippen LogP contribution in [0.15, 0.2) is 24.4 Å². The lowest BCUT2D eigenvalue weighted by Gasteiger charge is -2.21. The van der Waals surface area contributed by atoms with Gasteiger partial charge in [-0.25, -0.2) is 0 Å². The van der Waals surface area contributed by atoms with Crippen molar-refractivity contribution in [3.63, 3.8) is 0 Å². The number of hydrogen-bond acceptors (Lipinski definition) is 4. The van der Waals surface area contributed by atoms with Crippen molar-refractivity contribution in [1.82, 2.24) is 15.2 Å². The van der Waals surface area contributed by atoms with Crippen molar-refractivity contribution < 1.29 is 0 Å². The van der Waals surface area contributed by atoms with E-state index in [2.05, 4.69) is 35.1 Å². The molecule has 4 heteroatoms. The topological polar surface area (TPSA) is 52.0 Å². The molecule has 98 valence electrons. The number of pyridine rings is 1. The van der Waals surface area contributed by atoms with E-state index in [0.29, 0.717) is 6.04 Å². The predicted molar refractivity (Wildman–Crippen MR) is 73.1 cm³/mol. The fourth-order valence-corrected chi connectivity index (χ4v) is 1.79. The summed E-state index contributed by atoms with van der Waals surface area (Å²) in [5.74, 6) is 0. The first kappa shape index (κ1) is 14.6. The molecule has 4 nitrogen and oxygen atoms in total. The Morgan fingerprint density at radius 3 is 2.78 bits per heavy atom. The lowest BCUT2D eigenvalue weighted by Crippen LogP contribution is -2.42. The summed E-state index contributed by atoms with van der Waals surface area (Å²) < 4.78 is 0. The van der Waals surface area contributed by atoms with Crippen LogP contribution < -0.4 is 5.32 Å². The summed E-state index contributed by atoms with van der Waals surface area (Å²) in [5.41, 5.74) is 1.09. The third-order valence-electron chi connectivity index (χ3n) is 2.66. The maximum Gasteiger partial charge on any atom is 0.108 e. The molecule has 1 rings (SSSR count). The Labute approximate surface area is 110 Å². The van der Waals surface area contributed by atoms with Gasteiger partial charge in [-0.15, -0.1) is 0 Å². The maximum atomic E-state index is 9.06. The highest BCUT2D eigenvalue weighted by atomic mass is 15.1. The van der Waals surface area contributed by atoms with Crippen LogP contribution in [0.1, 0.15) is 19.5 Å². The zero-order valence-electron chi connectivity index (χ0n) is 11.4. The molecular formula is C14H22N4. The molecule has 0 saturated carbocycles. The maximum absolute atomic E-state index is 9.06. The van der Waals surface area contributed by atoms with Crippen LogP contribution in [0.25, 0.3) is 0 Å². The van der Waals surface area contributed by atoms with Gasteiger partial charge < -0.3 is 4.90 Å². The third kappa shape index (κ3) is 5.76. The van der Waals surface area contributed by atoms with Crippen LogP contribution in [0, 0.1) is 11.3 Å². The Bertz CT molecular complexity index is 369. The first-order chi connectivity index (χ1) is 8.61. The van der Waals surface area contributed by atoms with Gasteiger partial charge in [0, 0.05) is 37.4 Å². The number of rotatable bonds is 7. The summed E-state index contributed by atoms with van der Waals surface area (Å²) >= 11 is 0. The molecule has 0 fully saturated rings. The van der Waals surface area contributed by atoms with Gasteiger partial charge in [-0.3, -0.25) is 10.3 Å². The van der Waals surface area contributed by atoms with Gasteiger partial charge in [0.25, 0.3) is 0 Å². The van der Waals surface area contributed by atoms with Crippen LogP contribution in [-0.2, 0) is 6.42 Å². The van der Waals surface area contributed by atoms with Crippen LogP contribution in [-0.4, -0.2) is 42.1 Å². The van der Waals surface area contributed by atoms with Gasteiger partial charge >= 0.3 is 0 Å². The average Bonchev–Trinajstić information content (AvgIpc) is 2.36. The largest absolute Gasteiger partial charge is 0.303 e. The van der Waals surface area contributed by atoms with Crippen LogP contribution in [0.2, 0.25) is 0 Å². The highest BCUT2D eigenvalue weighted by molar-refractivity contribution is 5.03. The smallest absolute Gasteiger partial charge is 0.108 e. The molecule has 0 aliphatic heterocycles. The SMILES string of the molecule is CC(C)NC(C#N)CN(C)CCc1ccccn1. The minimum atomic E-state index is -0.112. The van der Waals surface area contributed by atoms with Crippen LogP contribution in [0.3, 0.4) is 0 Å². The van der Waals surface area contributed by atoms with Gasteiger partial charge in [0.15, 0.2) is 0 Å². The molecule has 0 radical (unpaired) electrons.